The highest BCUT2D eigenvalue weighted by atomic mass is 16.2. The summed E-state index contributed by atoms with van der Waals surface area (Å²) in [5, 5.41) is 11.5. The molecule has 0 aromatic carbocycles. The van der Waals surface area contributed by atoms with Gasteiger partial charge >= 0.3 is 0 Å². The maximum absolute atomic E-state index is 11.7. The van der Waals surface area contributed by atoms with Gasteiger partial charge in [0.2, 0.25) is 5.91 Å². The number of carbonyl (C=O) groups excluding carboxylic acids is 1. The molecule has 2 rings (SSSR count). The first-order valence-corrected chi connectivity index (χ1v) is 5.61. The topological polar surface area (TPSA) is 69.0 Å². The number of pyridine rings is 1. The molecule has 17 heavy (non-hydrogen) atoms. The lowest BCUT2D eigenvalue weighted by Crippen LogP contribution is -2.42. The van der Waals surface area contributed by atoms with E-state index in [-0.39, 0.29) is 11.9 Å². The van der Waals surface area contributed by atoms with Crippen molar-refractivity contribution in [2.75, 3.05) is 18.5 Å². The Morgan fingerprint density at radius 2 is 2.47 bits per heavy atom. The average Bonchev–Trinajstić information content (AvgIpc) is 2.87. The molecule has 1 atom stereocenters. The molecule has 0 bridgehead atoms. The quantitative estimate of drug-likeness (QED) is 0.810. The molecule has 1 N–H and O–H groups in total. The number of nitrogens with zero attached hydrogens (tertiary/aromatic N) is 3. The van der Waals surface area contributed by atoms with Crippen LogP contribution in [0.2, 0.25) is 0 Å². The van der Waals surface area contributed by atoms with Crippen molar-refractivity contribution in [1.82, 2.24) is 10.3 Å². The van der Waals surface area contributed by atoms with Gasteiger partial charge in [-0.25, -0.2) is 4.98 Å². The molecule has 1 fully saturated rings. The fourth-order valence-electron chi connectivity index (χ4n) is 2.13. The van der Waals surface area contributed by atoms with Crippen LogP contribution >= 0.6 is 0 Å². The van der Waals surface area contributed by atoms with E-state index in [1.807, 2.05) is 17.0 Å². The lowest BCUT2D eigenvalue weighted by Gasteiger charge is -2.24. The van der Waals surface area contributed by atoms with E-state index in [1.54, 1.807) is 19.2 Å². The molecule has 0 saturated carbocycles. The molecule has 2 heterocycles. The molecule has 1 unspecified atom stereocenters. The summed E-state index contributed by atoms with van der Waals surface area (Å²) in [5.41, 5.74) is 0.380. The molecule has 1 saturated heterocycles. The van der Waals surface area contributed by atoms with Crippen LogP contribution in [0.3, 0.4) is 0 Å². The number of aromatic nitrogens is 1. The number of amides is 1. The van der Waals surface area contributed by atoms with Gasteiger partial charge in [0, 0.05) is 13.6 Å². The van der Waals surface area contributed by atoms with Gasteiger partial charge in [0.25, 0.3) is 0 Å². The van der Waals surface area contributed by atoms with E-state index >= 15 is 0 Å². The molecular formula is C12H14N4O. The Morgan fingerprint density at radius 3 is 3.18 bits per heavy atom. The summed E-state index contributed by atoms with van der Waals surface area (Å²) in [4.78, 5) is 17.9. The van der Waals surface area contributed by atoms with Gasteiger partial charge in [0.05, 0.1) is 0 Å². The summed E-state index contributed by atoms with van der Waals surface area (Å²) in [6, 6.07) is 7.13. The number of carbonyl (C=O) groups is 1. The fourth-order valence-corrected chi connectivity index (χ4v) is 2.13. The Balaban J connectivity index is 2.26. The first kappa shape index (κ1) is 11.4. The SMILES string of the molecule is CNC(=O)C1CCCN1c1cccc(C#N)n1. The minimum atomic E-state index is -0.165. The molecular weight excluding hydrogens is 216 g/mol. The van der Waals surface area contributed by atoms with Crippen LogP contribution in [-0.4, -0.2) is 30.5 Å². The van der Waals surface area contributed by atoms with E-state index in [9.17, 15) is 4.79 Å². The predicted molar refractivity (Wildman–Crippen MR) is 63.4 cm³/mol. The Morgan fingerprint density at radius 1 is 1.65 bits per heavy atom. The minimum Gasteiger partial charge on any atom is -0.357 e. The van der Waals surface area contributed by atoms with Crippen molar-refractivity contribution in [1.29, 1.82) is 5.26 Å². The number of rotatable bonds is 2. The normalized spacial score (nSPS) is 18.8. The number of anilines is 1. The molecule has 1 amide bonds. The second-order valence-electron chi connectivity index (χ2n) is 3.96. The Kier molecular flexibility index (Phi) is 3.24. The van der Waals surface area contributed by atoms with Crippen LogP contribution in [0.4, 0.5) is 5.82 Å². The number of likely N-dealkylation sites (N-methyl/N-ethyl adjacent to an activating group) is 1. The van der Waals surface area contributed by atoms with Crippen LogP contribution in [0.15, 0.2) is 18.2 Å². The highest BCUT2D eigenvalue weighted by Gasteiger charge is 2.30. The van der Waals surface area contributed by atoms with Crippen molar-refractivity contribution < 1.29 is 4.79 Å². The standard InChI is InChI=1S/C12H14N4O/c1-14-12(17)10-5-3-7-16(10)11-6-2-4-9(8-13)15-11/h2,4,6,10H,3,5,7H2,1H3,(H,14,17). The maximum Gasteiger partial charge on any atom is 0.242 e. The third-order valence-electron chi connectivity index (χ3n) is 2.95. The summed E-state index contributed by atoms with van der Waals surface area (Å²) in [6.45, 7) is 0.806. The number of hydrogen-bond acceptors (Lipinski definition) is 4. The molecule has 1 aromatic heterocycles. The lowest BCUT2D eigenvalue weighted by molar-refractivity contribution is -0.121. The highest BCUT2D eigenvalue weighted by molar-refractivity contribution is 5.85. The van der Waals surface area contributed by atoms with Crippen molar-refractivity contribution in [3.63, 3.8) is 0 Å². The zero-order valence-electron chi connectivity index (χ0n) is 9.68. The first-order valence-electron chi connectivity index (χ1n) is 5.61. The zero-order valence-corrected chi connectivity index (χ0v) is 9.68. The third-order valence-corrected chi connectivity index (χ3v) is 2.95. The summed E-state index contributed by atoms with van der Waals surface area (Å²) in [7, 11) is 1.64. The Labute approximate surface area is 100 Å². The maximum atomic E-state index is 11.7. The van der Waals surface area contributed by atoms with Crippen molar-refractivity contribution in [2.45, 2.75) is 18.9 Å². The van der Waals surface area contributed by atoms with Gasteiger partial charge in [-0.05, 0) is 25.0 Å². The molecule has 1 aromatic rings. The molecule has 1 aliphatic rings. The molecule has 1 aliphatic heterocycles. The smallest absolute Gasteiger partial charge is 0.242 e. The number of nitriles is 1. The summed E-state index contributed by atoms with van der Waals surface area (Å²) in [6.07, 6.45) is 1.80. The summed E-state index contributed by atoms with van der Waals surface area (Å²) >= 11 is 0. The van der Waals surface area contributed by atoms with E-state index in [0.29, 0.717) is 11.5 Å². The van der Waals surface area contributed by atoms with Gasteiger partial charge in [-0.1, -0.05) is 6.07 Å². The van der Waals surface area contributed by atoms with E-state index in [2.05, 4.69) is 10.3 Å². The van der Waals surface area contributed by atoms with Crippen LogP contribution in [0, 0.1) is 11.3 Å². The van der Waals surface area contributed by atoms with Gasteiger partial charge in [-0.2, -0.15) is 5.26 Å². The number of nitrogens with one attached hydrogen (secondary N) is 1. The van der Waals surface area contributed by atoms with Crippen LogP contribution in [0.25, 0.3) is 0 Å². The van der Waals surface area contributed by atoms with Crippen LogP contribution < -0.4 is 10.2 Å². The van der Waals surface area contributed by atoms with Crippen molar-refractivity contribution in [3.05, 3.63) is 23.9 Å². The van der Waals surface area contributed by atoms with Gasteiger partial charge in [-0.3, -0.25) is 4.79 Å². The van der Waals surface area contributed by atoms with E-state index in [0.717, 1.165) is 19.4 Å². The monoisotopic (exact) mass is 230 g/mol. The zero-order chi connectivity index (χ0) is 12.3. The Hall–Kier alpha value is -2.09. The van der Waals surface area contributed by atoms with Crippen LogP contribution in [0.5, 0.6) is 0 Å². The number of hydrogen-bond donors (Lipinski definition) is 1. The van der Waals surface area contributed by atoms with Gasteiger partial charge in [-0.15, -0.1) is 0 Å². The van der Waals surface area contributed by atoms with E-state index in [1.165, 1.54) is 0 Å². The van der Waals surface area contributed by atoms with Crippen molar-refractivity contribution in [2.24, 2.45) is 0 Å². The largest absolute Gasteiger partial charge is 0.357 e. The predicted octanol–water partition coefficient (Wildman–Crippen LogP) is 0.668. The highest BCUT2D eigenvalue weighted by Crippen LogP contribution is 2.23. The van der Waals surface area contributed by atoms with Gasteiger partial charge in [0.1, 0.15) is 23.6 Å². The molecule has 0 aliphatic carbocycles. The average molecular weight is 230 g/mol. The first-order chi connectivity index (χ1) is 8.26. The van der Waals surface area contributed by atoms with Crippen molar-refractivity contribution >= 4 is 11.7 Å². The second-order valence-corrected chi connectivity index (χ2v) is 3.96. The molecule has 5 nitrogen and oxygen atoms in total. The molecule has 0 spiro atoms. The summed E-state index contributed by atoms with van der Waals surface area (Å²) in [5.74, 6) is 0.710. The molecule has 0 radical (unpaired) electrons. The van der Waals surface area contributed by atoms with Crippen LogP contribution in [-0.2, 0) is 4.79 Å². The third kappa shape index (κ3) is 2.21. The molecule has 88 valence electrons. The van der Waals surface area contributed by atoms with Crippen LogP contribution in [0.1, 0.15) is 18.5 Å². The van der Waals surface area contributed by atoms with Crippen molar-refractivity contribution in [3.8, 4) is 6.07 Å². The lowest BCUT2D eigenvalue weighted by atomic mass is 10.2. The molecule has 5 heteroatoms. The Bertz CT molecular complexity index is 466. The van der Waals surface area contributed by atoms with Gasteiger partial charge < -0.3 is 10.2 Å². The van der Waals surface area contributed by atoms with Gasteiger partial charge in [0.15, 0.2) is 0 Å². The van der Waals surface area contributed by atoms with E-state index < -0.39 is 0 Å². The second kappa shape index (κ2) is 4.83. The fraction of sp³-hybridized carbons (Fsp3) is 0.417. The summed E-state index contributed by atoms with van der Waals surface area (Å²) < 4.78 is 0. The minimum absolute atomic E-state index is 0.00617. The van der Waals surface area contributed by atoms with E-state index in [4.69, 9.17) is 5.26 Å².